The number of carbonyl (C=O) groups excluding carboxylic acids is 1. The summed E-state index contributed by atoms with van der Waals surface area (Å²) < 4.78 is 16.4. The summed E-state index contributed by atoms with van der Waals surface area (Å²) in [7, 11) is 1.58. The molecule has 0 saturated carbocycles. The van der Waals surface area contributed by atoms with Gasteiger partial charge in [0.1, 0.15) is 5.75 Å². The van der Waals surface area contributed by atoms with Crippen molar-refractivity contribution in [1.29, 1.82) is 0 Å². The first kappa shape index (κ1) is 19.9. The van der Waals surface area contributed by atoms with Crippen molar-refractivity contribution in [2.75, 3.05) is 19.0 Å². The standard InChI is InChI=1S/C23H22N2O4/c1-3-28-19-12-8-17(9-13-19)10-14-22(26)25-18-11-15-23(24-16-18)29-21-7-5-4-6-20(21)27-2/h4-16H,3H2,1-2H3,(H,25,26)/b14-10+. The van der Waals surface area contributed by atoms with E-state index in [1.807, 2.05) is 43.3 Å². The van der Waals surface area contributed by atoms with Crippen molar-refractivity contribution in [3.63, 3.8) is 0 Å². The number of ether oxygens (including phenoxy) is 3. The van der Waals surface area contributed by atoms with Crippen molar-refractivity contribution >= 4 is 17.7 Å². The average molecular weight is 390 g/mol. The Morgan fingerprint density at radius 1 is 1.03 bits per heavy atom. The van der Waals surface area contributed by atoms with Crippen LogP contribution < -0.4 is 19.5 Å². The Hall–Kier alpha value is -3.80. The van der Waals surface area contributed by atoms with Gasteiger partial charge in [-0.2, -0.15) is 0 Å². The predicted octanol–water partition coefficient (Wildman–Crippen LogP) is 4.93. The molecule has 148 valence electrons. The van der Waals surface area contributed by atoms with Crippen LogP contribution in [0.1, 0.15) is 12.5 Å². The number of anilines is 1. The number of para-hydroxylation sites is 2. The molecule has 1 aromatic heterocycles. The van der Waals surface area contributed by atoms with Gasteiger partial charge in [-0.05, 0) is 48.9 Å². The first-order valence-corrected chi connectivity index (χ1v) is 9.17. The second-order valence-electron chi connectivity index (χ2n) is 5.96. The fourth-order valence-electron chi connectivity index (χ4n) is 2.53. The second kappa shape index (κ2) is 9.94. The number of nitrogens with one attached hydrogen (secondary N) is 1. The zero-order chi connectivity index (χ0) is 20.5. The van der Waals surface area contributed by atoms with E-state index in [0.29, 0.717) is 29.7 Å². The minimum atomic E-state index is -0.251. The molecule has 6 heteroatoms. The lowest BCUT2D eigenvalue weighted by Gasteiger charge is -2.09. The number of amides is 1. The van der Waals surface area contributed by atoms with Crippen molar-refractivity contribution in [2.45, 2.75) is 6.92 Å². The SMILES string of the molecule is CCOc1ccc(/C=C/C(=O)Nc2ccc(Oc3ccccc3OC)nc2)cc1. The van der Waals surface area contributed by atoms with E-state index in [2.05, 4.69) is 10.3 Å². The zero-order valence-corrected chi connectivity index (χ0v) is 16.3. The molecule has 1 N–H and O–H groups in total. The quantitative estimate of drug-likeness (QED) is 0.552. The van der Waals surface area contributed by atoms with Gasteiger partial charge in [-0.15, -0.1) is 0 Å². The van der Waals surface area contributed by atoms with Gasteiger partial charge < -0.3 is 19.5 Å². The van der Waals surface area contributed by atoms with Crippen LogP contribution in [0.25, 0.3) is 6.08 Å². The number of hydrogen-bond donors (Lipinski definition) is 1. The Bertz CT molecular complexity index is 967. The summed E-state index contributed by atoms with van der Waals surface area (Å²) in [4.78, 5) is 16.3. The number of aromatic nitrogens is 1. The molecule has 3 rings (SSSR count). The van der Waals surface area contributed by atoms with Crippen LogP contribution in [0.15, 0.2) is 72.9 Å². The van der Waals surface area contributed by atoms with Gasteiger partial charge in [0.25, 0.3) is 0 Å². The molecule has 3 aromatic rings. The molecule has 0 unspecified atom stereocenters. The third-order valence-electron chi connectivity index (χ3n) is 3.91. The van der Waals surface area contributed by atoms with Crippen LogP contribution in [0.4, 0.5) is 5.69 Å². The van der Waals surface area contributed by atoms with Crippen LogP contribution in [-0.4, -0.2) is 24.6 Å². The molecule has 6 nitrogen and oxygen atoms in total. The fraction of sp³-hybridized carbons (Fsp3) is 0.130. The second-order valence-corrected chi connectivity index (χ2v) is 5.96. The molecule has 0 bridgehead atoms. The van der Waals surface area contributed by atoms with Crippen LogP contribution in [0, 0.1) is 0 Å². The molecule has 0 atom stereocenters. The summed E-state index contributed by atoms with van der Waals surface area (Å²) in [6, 6.07) is 18.2. The number of rotatable bonds is 8. The summed E-state index contributed by atoms with van der Waals surface area (Å²) in [6.07, 6.45) is 4.74. The summed E-state index contributed by atoms with van der Waals surface area (Å²) in [5.74, 6) is 2.13. The van der Waals surface area contributed by atoms with Gasteiger partial charge in [-0.25, -0.2) is 4.98 Å². The number of nitrogens with zero attached hydrogens (tertiary/aromatic N) is 1. The van der Waals surface area contributed by atoms with Gasteiger partial charge in [-0.3, -0.25) is 4.79 Å². The Labute approximate surface area is 169 Å². The van der Waals surface area contributed by atoms with E-state index in [9.17, 15) is 4.79 Å². The minimum Gasteiger partial charge on any atom is -0.494 e. The monoisotopic (exact) mass is 390 g/mol. The first-order valence-electron chi connectivity index (χ1n) is 9.17. The highest BCUT2D eigenvalue weighted by Crippen LogP contribution is 2.30. The van der Waals surface area contributed by atoms with E-state index in [0.717, 1.165) is 11.3 Å². The molecule has 0 aliphatic heterocycles. The smallest absolute Gasteiger partial charge is 0.248 e. The summed E-state index contributed by atoms with van der Waals surface area (Å²) in [6.45, 7) is 2.55. The third-order valence-corrected chi connectivity index (χ3v) is 3.91. The van der Waals surface area contributed by atoms with Crippen molar-refractivity contribution in [1.82, 2.24) is 4.98 Å². The van der Waals surface area contributed by atoms with Crippen LogP contribution in [0.3, 0.4) is 0 Å². The molecule has 0 saturated heterocycles. The van der Waals surface area contributed by atoms with Gasteiger partial charge in [0.2, 0.25) is 11.8 Å². The third kappa shape index (κ3) is 5.84. The largest absolute Gasteiger partial charge is 0.494 e. The Kier molecular flexibility index (Phi) is 6.84. The molecule has 0 fully saturated rings. The Balaban J connectivity index is 1.56. The lowest BCUT2D eigenvalue weighted by molar-refractivity contribution is -0.111. The Morgan fingerprint density at radius 3 is 2.45 bits per heavy atom. The average Bonchev–Trinajstić information content (AvgIpc) is 2.75. The highest BCUT2D eigenvalue weighted by Gasteiger charge is 2.06. The van der Waals surface area contributed by atoms with Gasteiger partial charge in [-0.1, -0.05) is 24.3 Å². The number of pyridine rings is 1. The van der Waals surface area contributed by atoms with E-state index >= 15 is 0 Å². The molecule has 0 aliphatic rings. The summed E-state index contributed by atoms with van der Waals surface area (Å²) in [5, 5.41) is 2.76. The van der Waals surface area contributed by atoms with Gasteiger partial charge >= 0.3 is 0 Å². The van der Waals surface area contributed by atoms with Crippen LogP contribution in [0.2, 0.25) is 0 Å². The van der Waals surface area contributed by atoms with Gasteiger partial charge in [0, 0.05) is 12.1 Å². The highest BCUT2D eigenvalue weighted by atomic mass is 16.5. The molecule has 1 heterocycles. The highest BCUT2D eigenvalue weighted by molar-refractivity contribution is 6.01. The van der Waals surface area contributed by atoms with Crippen molar-refractivity contribution in [3.8, 4) is 23.1 Å². The number of methoxy groups -OCH3 is 1. The zero-order valence-electron chi connectivity index (χ0n) is 16.3. The fourth-order valence-corrected chi connectivity index (χ4v) is 2.53. The van der Waals surface area contributed by atoms with Crippen molar-refractivity contribution in [2.24, 2.45) is 0 Å². The van der Waals surface area contributed by atoms with Crippen molar-refractivity contribution in [3.05, 3.63) is 78.5 Å². The summed E-state index contributed by atoms with van der Waals surface area (Å²) in [5.41, 5.74) is 1.47. The molecule has 2 aromatic carbocycles. The molecule has 0 aliphatic carbocycles. The molecular formula is C23H22N2O4. The maximum atomic E-state index is 12.1. The predicted molar refractivity (Wildman–Crippen MR) is 113 cm³/mol. The molecular weight excluding hydrogens is 368 g/mol. The van der Waals surface area contributed by atoms with Crippen LogP contribution in [-0.2, 0) is 4.79 Å². The summed E-state index contributed by atoms with van der Waals surface area (Å²) >= 11 is 0. The molecule has 29 heavy (non-hydrogen) atoms. The van der Waals surface area contributed by atoms with Crippen LogP contribution in [0.5, 0.6) is 23.1 Å². The van der Waals surface area contributed by atoms with E-state index in [4.69, 9.17) is 14.2 Å². The van der Waals surface area contributed by atoms with E-state index in [-0.39, 0.29) is 5.91 Å². The maximum absolute atomic E-state index is 12.1. The van der Waals surface area contributed by atoms with E-state index in [1.165, 1.54) is 12.3 Å². The van der Waals surface area contributed by atoms with E-state index in [1.54, 1.807) is 37.5 Å². The first-order chi connectivity index (χ1) is 14.2. The van der Waals surface area contributed by atoms with Crippen LogP contribution >= 0.6 is 0 Å². The molecule has 0 spiro atoms. The van der Waals surface area contributed by atoms with Gasteiger partial charge in [0.15, 0.2) is 11.5 Å². The lowest BCUT2D eigenvalue weighted by Crippen LogP contribution is -2.07. The molecule has 1 amide bonds. The van der Waals surface area contributed by atoms with Crippen molar-refractivity contribution < 1.29 is 19.0 Å². The number of carbonyl (C=O) groups is 1. The number of benzene rings is 2. The number of hydrogen-bond acceptors (Lipinski definition) is 5. The lowest BCUT2D eigenvalue weighted by atomic mass is 10.2. The van der Waals surface area contributed by atoms with E-state index < -0.39 is 0 Å². The minimum absolute atomic E-state index is 0.251. The maximum Gasteiger partial charge on any atom is 0.248 e. The topological polar surface area (TPSA) is 69.7 Å². The normalized spacial score (nSPS) is 10.6. The molecule has 0 radical (unpaired) electrons. The van der Waals surface area contributed by atoms with Gasteiger partial charge in [0.05, 0.1) is 25.6 Å². The Morgan fingerprint density at radius 2 is 1.79 bits per heavy atom.